The Morgan fingerprint density at radius 2 is 1.04 bits per heavy atom. The molecule has 0 bridgehead atoms. The van der Waals surface area contributed by atoms with Gasteiger partial charge in [-0.2, -0.15) is 0 Å². The molecule has 0 aliphatic carbocycles. The number of rotatable bonds is 19. The van der Waals surface area contributed by atoms with Crippen molar-refractivity contribution in [2.45, 2.75) is 35.5 Å². The molecule has 0 aliphatic heterocycles. The zero-order valence-electron chi connectivity index (χ0n) is 25.4. The van der Waals surface area contributed by atoms with Gasteiger partial charge >= 0.3 is 11.9 Å². The van der Waals surface area contributed by atoms with E-state index in [9.17, 15) is 19.2 Å². The first-order valence-electron chi connectivity index (χ1n) is 14.6. The van der Waals surface area contributed by atoms with Crippen LogP contribution >= 0.6 is 23.5 Å². The van der Waals surface area contributed by atoms with Gasteiger partial charge in [0.1, 0.15) is 11.5 Å². The van der Waals surface area contributed by atoms with Gasteiger partial charge in [0.15, 0.2) is 0 Å². The zero-order chi connectivity index (χ0) is 33.0. The molecule has 8 nitrogen and oxygen atoms in total. The van der Waals surface area contributed by atoms with E-state index in [2.05, 4.69) is 13.2 Å². The SMILES string of the molecule is C=CC(=O)OCCCCOc1ccc(/C=C/C(=O)Sc2ccc(SC(=O)c3ccc(OCCCCOC(=O)C=C)cc3)cc2)cc1. The Morgan fingerprint density at radius 3 is 1.54 bits per heavy atom. The topological polar surface area (TPSA) is 105 Å². The van der Waals surface area contributed by atoms with Crippen LogP contribution in [0.25, 0.3) is 6.08 Å². The van der Waals surface area contributed by atoms with E-state index in [1.54, 1.807) is 30.3 Å². The lowest BCUT2D eigenvalue weighted by Gasteiger charge is -2.07. The molecule has 0 spiro atoms. The number of benzene rings is 3. The molecule has 0 fully saturated rings. The summed E-state index contributed by atoms with van der Waals surface area (Å²) >= 11 is 2.22. The second-order valence-corrected chi connectivity index (χ2v) is 11.7. The van der Waals surface area contributed by atoms with Gasteiger partial charge in [-0.1, -0.05) is 31.4 Å². The van der Waals surface area contributed by atoms with Crippen LogP contribution in [0, 0.1) is 0 Å². The molecular weight excluding hydrogens is 625 g/mol. The number of unbranched alkanes of at least 4 members (excludes halogenated alkanes) is 2. The van der Waals surface area contributed by atoms with E-state index in [1.165, 1.54) is 6.08 Å². The highest BCUT2D eigenvalue weighted by Crippen LogP contribution is 2.27. The maximum absolute atomic E-state index is 12.7. The van der Waals surface area contributed by atoms with Crippen molar-refractivity contribution in [3.05, 3.63) is 115 Å². The van der Waals surface area contributed by atoms with Crippen molar-refractivity contribution >= 4 is 51.8 Å². The fourth-order valence-corrected chi connectivity index (χ4v) is 5.05. The van der Waals surface area contributed by atoms with Gasteiger partial charge in [-0.05, 0) is 122 Å². The molecule has 10 heteroatoms. The molecule has 240 valence electrons. The Hall–Kier alpha value is -4.54. The maximum atomic E-state index is 12.7. The molecule has 0 radical (unpaired) electrons. The summed E-state index contributed by atoms with van der Waals surface area (Å²) in [5.41, 5.74) is 1.42. The number of hydrogen-bond donors (Lipinski definition) is 0. The molecule has 46 heavy (non-hydrogen) atoms. The Morgan fingerprint density at radius 1 is 0.587 bits per heavy atom. The fourth-order valence-electron chi connectivity index (χ4n) is 3.67. The molecule has 0 aliphatic rings. The van der Waals surface area contributed by atoms with Crippen LogP contribution in [0.3, 0.4) is 0 Å². The summed E-state index contributed by atoms with van der Waals surface area (Å²) in [6, 6.07) is 21.6. The van der Waals surface area contributed by atoms with Gasteiger partial charge in [0.05, 0.1) is 26.4 Å². The van der Waals surface area contributed by atoms with Crippen molar-refractivity contribution in [2.75, 3.05) is 26.4 Å². The monoisotopic (exact) mass is 660 g/mol. The normalized spacial score (nSPS) is 10.6. The Labute approximate surface area is 277 Å². The number of carbonyl (C=O) groups is 4. The van der Waals surface area contributed by atoms with Crippen LogP contribution in [-0.2, 0) is 23.9 Å². The first kappa shape index (κ1) is 35.9. The molecule has 0 saturated heterocycles. The minimum Gasteiger partial charge on any atom is -0.494 e. The van der Waals surface area contributed by atoms with Crippen LogP contribution in [0.5, 0.6) is 11.5 Å². The largest absolute Gasteiger partial charge is 0.494 e. The van der Waals surface area contributed by atoms with Crippen molar-refractivity contribution < 1.29 is 38.1 Å². The molecule has 3 rings (SSSR count). The number of thioether (sulfide) groups is 2. The fraction of sp³-hybridized carbons (Fsp3) is 0.222. The van der Waals surface area contributed by atoms with Gasteiger partial charge in [0, 0.05) is 27.5 Å². The van der Waals surface area contributed by atoms with Gasteiger partial charge in [-0.25, -0.2) is 9.59 Å². The summed E-state index contributed by atoms with van der Waals surface area (Å²) in [7, 11) is 0. The molecule has 0 unspecified atom stereocenters. The van der Waals surface area contributed by atoms with Gasteiger partial charge in [-0.3, -0.25) is 9.59 Å². The molecule has 0 atom stereocenters. The van der Waals surface area contributed by atoms with E-state index < -0.39 is 11.9 Å². The Bertz CT molecular complexity index is 1480. The van der Waals surface area contributed by atoms with E-state index in [0.29, 0.717) is 50.6 Å². The highest BCUT2D eigenvalue weighted by atomic mass is 32.2. The van der Waals surface area contributed by atoms with Crippen LogP contribution in [0.2, 0.25) is 0 Å². The lowest BCUT2D eigenvalue weighted by Crippen LogP contribution is -2.04. The summed E-state index contributed by atoms with van der Waals surface area (Å²) in [6.45, 7) is 8.34. The first-order valence-corrected chi connectivity index (χ1v) is 16.3. The van der Waals surface area contributed by atoms with Crippen LogP contribution in [0.1, 0.15) is 41.6 Å². The molecule has 0 heterocycles. The molecular formula is C36H36O8S2. The van der Waals surface area contributed by atoms with Gasteiger partial charge < -0.3 is 18.9 Å². The average molecular weight is 661 g/mol. The smallest absolute Gasteiger partial charge is 0.330 e. The van der Waals surface area contributed by atoms with Crippen molar-refractivity contribution in [3.63, 3.8) is 0 Å². The van der Waals surface area contributed by atoms with Crippen LogP contribution in [0.4, 0.5) is 0 Å². The average Bonchev–Trinajstić information content (AvgIpc) is 3.08. The highest BCUT2D eigenvalue weighted by Gasteiger charge is 2.10. The van der Waals surface area contributed by atoms with Crippen LogP contribution < -0.4 is 9.47 Å². The van der Waals surface area contributed by atoms with Gasteiger partial charge in [-0.15, -0.1) is 0 Å². The summed E-state index contributed by atoms with van der Waals surface area (Å²) in [6.07, 6.45) is 8.40. The van der Waals surface area contributed by atoms with Crippen LogP contribution in [0.15, 0.2) is 114 Å². The van der Waals surface area contributed by atoms with Crippen molar-refractivity contribution in [3.8, 4) is 11.5 Å². The standard InChI is InChI=1S/C36H36O8S2/c1-3-33(37)43-25-7-5-23-41-29-14-9-27(10-15-29)11-22-35(39)45-31-18-20-32(21-19-31)46-36(40)28-12-16-30(17-13-28)42-24-6-8-26-44-34(38)4-2/h3-4,9-22H,1-2,5-8,23-26H2/b22-11+. The Kier molecular flexibility index (Phi) is 16.0. The molecule has 3 aromatic carbocycles. The quantitative estimate of drug-likeness (QED) is 0.0549. The molecule has 0 N–H and O–H groups in total. The lowest BCUT2D eigenvalue weighted by atomic mass is 10.2. The van der Waals surface area contributed by atoms with Crippen LogP contribution in [-0.4, -0.2) is 48.6 Å². The van der Waals surface area contributed by atoms with E-state index in [-0.39, 0.29) is 10.2 Å². The number of carbonyl (C=O) groups excluding carboxylic acids is 4. The highest BCUT2D eigenvalue weighted by molar-refractivity contribution is 8.14. The molecule has 0 amide bonds. The number of ether oxygens (including phenoxy) is 4. The molecule has 0 saturated carbocycles. The summed E-state index contributed by atoms with van der Waals surface area (Å²) < 4.78 is 21.2. The van der Waals surface area contributed by atoms with E-state index in [0.717, 1.165) is 69.6 Å². The van der Waals surface area contributed by atoms with E-state index in [1.807, 2.05) is 48.5 Å². The third kappa shape index (κ3) is 14.0. The number of esters is 2. The predicted molar refractivity (Wildman–Crippen MR) is 181 cm³/mol. The second kappa shape index (κ2) is 20.5. The summed E-state index contributed by atoms with van der Waals surface area (Å²) in [4.78, 5) is 48.8. The number of hydrogen-bond acceptors (Lipinski definition) is 10. The maximum Gasteiger partial charge on any atom is 0.330 e. The van der Waals surface area contributed by atoms with Crippen molar-refractivity contribution in [1.29, 1.82) is 0 Å². The Balaban J connectivity index is 1.35. The third-order valence-corrected chi connectivity index (χ3v) is 7.85. The first-order chi connectivity index (χ1) is 22.4. The van der Waals surface area contributed by atoms with Gasteiger partial charge in [0.2, 0.25) is 10.2 Å². The molecule has 0 aromatic heterocycles. The molecule has 3 aromatic rings. The van der Waals surface area contributed by atoms with Gasteiger partial charge in [0.25, 0.3) is 0 Å². The third-order valence-electron chi connectivity index (χ3n) is 6.07. The second-order valence-electron chi connectivity index (χ2n) is 9.56. The predicted octanol–water partition coefficient (Wildman–Crippen LogP) is 7.73. The van der Waals surface area contributed by atoms with E-state index in [4.69, 9.17) is 18.9 Å². The van der Waals surface area contributed by atoms with Crippen molar-refractivity contribution in [2.24, 2.45) is 0 Å². The van der Waals surface area contributed by atoms with E-state index >= 15 is 0 Å². The summed E-state index contributed by atoms with van der Waals surface area (Å²) in [5.74, 6) is 0.517. The zero-order valence-corrected chi connectivity index (χ0v) is 27.0. The van der Waals surface area contributed by atoms with Crippen molar-refractivity contribution in [1.82, 2.24) is 0 Å². The summed E-state index contributed by atoms with van der Waals surface area (Å²) in [5, 5.41) is -0.217. The lowest BCUT2D eigenvalue weighted by molar-refractivity contribution is -0.138. The minimum atomic E-state index is -0.435. The minimum absolute atomic E-state index is 0.0991.